The second kappa shape index (κ2) is 8.09. The third kappa shape index (κ3) is 3.75. The van der Waals surface area contributed by atoms with Crippen molar-refractivity contribution < 1.29 is 9.59 Å². The standard InChI is InChI=1S/C24H24Cl2N2O2/c1-14-4-6-17(7-5-14)21-22(27-12-15(2)10-16(3)13-27)24(30)28(23(21)29)18-8-9-19(25)20(26)11-18/h4-9,11,15-16H,10,12-13H2,1-3H3. The summed E-state index contributed by atoms with van der Waals surface area (Å²) in [6, 6.07) is 12.6. The molecule has 0 saturated carbocycles. The van der Waals surface area contributed by atoms with Crippen LogP contribution < -0.4 is 4.90 Å². The summed E-state index contributed by atoms with van der Waals surface area (Å²) in [5.41, 5.74) is 3.21. The van der Waals surface area contributed by atoms with Crippen LogP contribution in [-0.2, 0) is 9.59 Å². The van der Waals surface area contributed by atoms with Crippen LogP contribution >= 0.6 is 23.2 Å². The normalized spacial score (nSPS) is 22.3. The Balaban J connectivity index is 1.84. The lowest BCUT2D eigenvalue weighted by atomic mass is 9.91. The molecule has 2 atom stereocenters. The number of hydrogen-bond donors (Lipinski definition) is 0. The molecule has 4 rings (SSSR count). The Labute approximate surface area is 187 Å². The van der Waals surface area contributed by atoms with E-state index in [1.165, 1.54) is 4.90 Å². The fraction of sp³-hybridized carbons (Fsp3) is 0.333. The minimum atomic E-state index is -0.330. The second-order valence-electron chi connectivity index (χ2n) is 8.48. The predicted octanol–water partition coefficient (Wildman–Crippen LogP) is 5.56. The highest BCUT2D eigenvalue weighted by Crippen LogP contribution is 2.38. The summed E-state index contributed by atoms with van der Waals surface area (Å²) in [6.45, 7) is 7.88. The van der Waals surface area contributed by atoms with E-state index in [4.69, 9.17) is 23.2 Å². The molecule has 1 saturated heterocycles. The Morgan fingerprint density at radius 3 is 2.10 bits per heavy atom. The number of rotatable bonds is 3. The smallest absolute Gasteiger partial charge is 0.282 e. The van der Waals surface area contributed by atoms with E-state index in [2.05, 4.69) is 18.7 Å². The molecule has 0 N–H and O–H groups in total. The lowest BCUT2D eigenvalue weighted by molar-refractivity contribution is -0.120. The molecule has 2 aliphatic rings. The molecule has 2 unspecified atom stereocenters. The summed E-state index contributed by atoms with van der Waals surface area (Å²) < 4.78 is 0. The van der Waals surface area contributed by atoms with Crippen LogP contribution in [0.3, 0.4) is 0 Å². The number of anilines is 1. The van der Waals surface area contributed by atoms with Crippen molar-refractivity contribution in [3.63, 3.8) is 0 Å². The molecule has 30 heavy (non-hydrogen) atoms. The molecule has 0 bridgehead atoms. The van der Waals surface area contributed by atoms with Gasteiger partial charge in [-0.1, -0.05) is 66.9 Å². The van der Waals surface area contributed by atoms with E-state index < -0.39 is 0 Å². The van der Waals surface area contributed by atoms with Crippen LogP contribution in [0.15, 0.2) is 48.2 Å². The maximum atomic E-state index is 13.6. The molecule has 0 aliphatic carbocycles. The summed E-state index contributed by atoms with van der Waals surface area (Å²) >= 11 is 12.2. The number of benzene rings is 2. The lowest BCUT2D eigenvalue weighted by Crippen LogP contribution is -2.42. The van der Waals surface area contributed by atoms with Gasteiger partial charge in [0.05, 0.1) is 21.3 Å². The largest absolute Gasteiger partial charge is 0.366 e. The van der Waals surface area contributed by atoms with Gasteiger partial charge in [-0.2, -0.15) is 0 Å². The van der Waals surface area contributed by atoms with Gasteiger partial charge in [-0.15, -0.1) is 0 Å². The van der Waals surface area contributed by atoms with E-state index in [0.717, 1.165) is 30.6 Å². The van der Waals surface area contributed by atoms with E-state index in [-0.39, 0.29) is 11.8 Å². The highest BCUT2D eigenvalue weighted by Gasteiger charge is 2.43. The van der Waals surface area contributed by atoms with Crippen molar-refractivity contribution in [1.82, 2.24) is 4.90 Å². The number of aryl methyl sites for hydroxylation is 1. The summed E-state index contributed by atoms with van der Waals surface area (Å²) in [4.78, 5) is 30.5. The van der Waals surface area contributed by atoms with Crippen molar-refractivity contribution >= 4 is 46.3 Å². The average Bonchev–Trinajstić information content (AvgIpc) is 2.94. The molecule has 2 aromatic carbocycles. The van der Waals surface area contributed by atoms with Gasteiger partial charge < -0.3 is 4.90 Å². The number of carbonyl (C=O) groups is 2. The Kier molecular flexibility index (Phi) is 5.65. The van der Waals surface area contributed by atoms with E-state index in [0.29, 0.717) is 38.8 Å². The van der Waals surface area contributed by atoms with Gasteiger partial charge in [-0.25, -0.2) is 4.90 Å². The number of imide groups is 1. The van der Waals surface area contributed by atoms with Crippen molar-refractivity contribution in [3.8, 4) is 0 Å². The first-order valence-corrected chi connectivity index (χ1v) is 10.9. The quantitative estimate of drug-likeness (QED) is 0.583. The van der Waals surface area contributed by atoms with Gasteiger partial charge in [0.15, 0.2) is 0 Å². The number of amides is 2. The SMILES string of the molecule is Cc1ccc(C2=C(N3CC(C)CC(C)C3)C(=O)N(c3ccc(Cl)c(Cl)c3)C2=O)cc1. The van der Waals surface area contributed by atoms with E-state index in [9.17, 15) is 9.59 Å². The summed E-state index contributed by atoms with van der Waals surface area (Å²) in [5.74, 6) is 0.253. The van der Waals surface area contributed by atoms with Crippen molar-refractivity contribution in [3.05, 3.63) is 69.3 Å². The topological polar surface area (TPSA) is 40.6 Å². The monoisotopic (exact) mass is 442 g/mol. The highest BCUT2D eigenvalue weighted by molar-refractivity contribution is 6.46. The van der Waals surface area contributed by atoms with Crippen molar-refractivity contribution in [2.75, 3.05) is 18.0 Å². The van der Waals surface area contributed by atoms with Gasteiger partial charge in [0.1, 0.15) is 5.70 Å². The van der Waals surface area contributed by atoms with E-state index >= 15 is 0 Å². The number of nitrogens with zero attached hydrogens (tertiary/aromatic N) is 2. The van der Waals surface area contributed by atoms with Gasteiger partial charge in [-0.05, 0) is 48.9 Å². The van der Waals surface area contributed by atoms with Crippen LogP contribution in [0.5, 0.6) is 0 Å². The molecule has 0 aromatic heterocycles. The van der Waals surface area contributed by atoms with Gasteiger partial charge >= 0.3 is 0 Å². The maximum absolute atomic E-state index is 13.6. The van der Waals surface area contributed by atoms with Gasteiger partial charge in [0.25, 0.3) is 11.8 Å². The second-order valence-corrected chi connectivity index (χ2v) is 9.30. The fourth-order valence-corrected chi connectivity index (χ4v) is 4.79. The molecule has 2 aliphatic heterocycles. The first-order valence-electron chi connectivity index (χ1n) is 10.2. The predicted molar refractivity (Wildman–Crippen MR) is 122 cm³/mol. The molecular weight excluding hydrogens is 419 g/mol. The molecule has 2 amide bonds. The van der Waals surface area contributed by atoms with Crippen LogP contribution in [0.25, 0.3) is 5.57 Å². The van der Waals surface area contributed by atoms with Gasteiger partial charge in [-0.3, -0.25) is 9.59 Å². The van der Waals surface area contributed by atoms with Crippen LogP contribution in [0, 0.1) is 18.8 Å². The van der Waals surface area contributed by atoms with Crippen LogP contribution in [0.2, 0.25) is 10.0 Å². The summed E-state index contributed by atoms with van der Waals surface area (Å²) in [5, 5.41) is 0.686. The number of likely N-dealkylation sites (tertiary alicyclic amines) is 1. The Morgan fingerprint density at radius 1 is 0.867 bits per heavy atom. The zero-order valence-electron chi connectivity index (χ0n) is 17.3. The average molecular weight is 443 g/mol. The number of piperidine rings is 1. The molecule has 1 fully saturated rings. The third-order valence-corrected chi connectivity index (χ3v) is 6.49. The molecule has 2 heterocycles. The molecule has 156 valence electrons. The number of carbonyl (C=O) groups excluding carboxylic acids is 2. The van der Waals surface area contributed by atoms with Crippen molar-refractivity contribution in [2.45, 2.75) is 27.2 Å². The van der Waals surface area contributed by atoms with Crippen molar-refractivity contribution in [1.29, 1.82) is 0 Å². The molecule has 0 radical (unpaired) electrons. The zero-order valence-corrected chi connectivity index (χ0v) is 18.8. The Bertz CT molecular complexity index is 1040. The number of halogens is 2. The fourth-order valence-electron chi connectivity index (χ4n) is 4.50. The zero-order chi connectivity index (χ0) is 21.6. The molecular formula is C24H24Cl2N2O2. The van der Waals surface area contributed by atoms with Gasteiger partial charge in [0.2, 0.25) is 0 Å². The summed E-state index contributed by atoms with van der Waals surface area (Å²) in [6.07, 6.45) is 1.11. The maximum Gasteiger partial charge on any atom is 0.282 e. The molecule has 6 heteroatoms. The minimum absolute atomic E-state index is 0.306. The van der Waals surface area contributed by atoms with Crippen molar-refractivity contribution in [2.24, 2.45) is 11.8 Å². The third-order valence-electron chi connectivity index (χ3n) is 5.75. The minimum Gasteiger partial charge on any atom is -0.366 e. The van der Waals surface area contributed by atoms with Crippen LogP contribution in [-0.4, -0.2) is 29.8 Å². The van der Waals surface area contributed by atoms with Crippen LogP contribution in [0.1, 0.15) is 31.4 Å². The van der Waals surface area contributed by atoms with Crippen LogP contribution in [0.4, 0.5) is 5.69 Å². The first kappa shape index (κ1) is 21.0. The highest BCUT2D eigenvalue weighted by atomic mass is 35.5. The first-order chi connectivity index (χ1) is 14.3. The molecule has 0 spiro atoms. The molecule has 2 aromatic rings. The van der Waals surface area contributed by atoms with E-state index in [1.54, 1.807) is 18.2 Å². The number of hydrogen-bond acceptors (Lipinski definition) is 3. The lowest BCUT2D eigenvalue weighted by Gasteiger charge is -2.37. The Hall–Kier alpha value is -2.30. The Morgan fingerprint density at radius 2 is 1.50 bits per heavy atom. The summed E-state index contributed by atoms with van der Waals surface area (Å²) in [7, 11) is 0. The molecule has 4 nitrogen and oxygen atoms in total. The van der Waals surface area contributed by atoms with E-state index in [1.807, 2.05) is 31.2 Å². The van der Waals surface area contributed by atoms with Gasteiger partial charge in [0, 0.05) is 13.1 Å².